The standard InChI is InChI=1S/C8H8INO2S/c1-2-13(11,12)10-8-6-4-3-5-7(8)9/h2-6,10H,1H2. The normalized spacial score (nSPS) is 10.8. The van der Waals surface area contributed by atoms with Gasteiger partial charge >= 0.3 is 0 Å². The molecule has 0 atom stereocenters. The molecule has 3 nitrogen and oxygen atoms in total. The number of sulfonamides is 1. The summed E-state index contributed by atoms with van der Waals surface area (Å²) in [5.41, 5.74) is 0.572. The van der Waals surface area contributed by atoms with Gasteiger partial charge in [0.05, 0.1) is 5.69 Å². The summed E-state index contributed by atoms with van der Waals surface area (Å²) in [5.74, 6) is 0. The van der Waals surface area contributed by atoms with Crippen molar-refractivity contribution < 1.29 is 8.42 Å². The van der Waals surface area contributed by atoms with Crippen LogP contribution in [0.1, 0.15) is 0 Å². The topological polar surface area (TPSA) is 46.2 Å². The van der Waals surface area contributed by atoms with E-state index < -0.39 is 10.0 Å². The molecule has 1 aromatic carbocycles. The minimum atomic E-state index is -3.39. The Hall–Kier alpha value is -0.560. The number of anilines is 1. The Labute approximate surface area is 91.0 Å². The minimum absolute atomic E-state index is 0.572. The molecular formula is C8H8INO2S. The number of benzene rings is 1. The van der Waals surface area contributed by atoms with E-state index in [4.69, 9.17) is 0 Å². The van der Waals surface area contributed by atoms with Crippen molar-refractivity contribution in [3.63, 3.8) is 0 Å². The predicted molar refractivity (Wildman–Crippen MR) is 61.9 cm³/mol. The molecule has 1 rings (SSSR count). The SMILES string of the molecule is C=CS(=O)(=O)Nc1ccccc1I. The van der Waals surface area contributed by atoms with Gasteiger partial charge in [0.25, 0.3) is 10.0 Å². The second-order valence-corrected chi connectivity index (χ2v) is 5.08. The van der Waals surface area contributed by atoms with Gasteiger partial charge in [0, 0.05) is 8.98 Å². The first-order valence-electron chi connectivity index (χ1n) is 3.45. The Bertz CT molecular complexity index is 414. The van der Waals surface area contributed by atoms with Gasteiger partial charge in [-0.15, -0.1) is 0 Å². The summed E-state index contributed by atoms with van der Waals surface area (Å²) < 4.78 is 25.4. The van der Waals surface area contributed by atoms with Crippen LogP contribution in [0.5, 0.6) is 0 Å². The van der Waals surface area contributed by atoms with Crippen molar-refractivity contribution in [2.45, 2.75) is 0 Å². The Morgan fingerprint density at radius 3 is 2.54 bits per heavy atom. The van der Waals surface area contributed by atoms with Crippen molar-refractivity contribution in [1.82, 2.24) is 0 Å². The first-order chi connectivity index (χ1) is 6.05. The van der Waals surface area contributed by atoms with E-state index in [1.54, 1.807) is 12.1 Å². The Balaban J connectivity index is 3.00. The van der Waals surface area contributed by atoms with E-state index in [0.29, 0.717) is 5.69 Å². The number of rotatable bonds is 3. The molecule has 0 aliphatic carbocycles. The molecule has 0 saturated carbocycles. The number of para-hydroxylation sites is 1. The van der Waals surface area contributed by atoms with Crippen LogP contribution in [0.2, 0.25) is 0 Å². The Kier molecular flexibility index (Phi) is 3.32. The van der Waals surface area contributed by atoms with Crippen molar-refractivity contribution in [2.24, 2.45) is 0 Å². The van der Waals surface area contributed by atoms with Crippen molar-refractivity contribution in [3.8, 4) is 0 Å². The summed E-state index contributed by atoms with van der Waals surface area (Å²) in [6.07, 6.45) is 0. The summed E-state index contributed by atoms with van der Waals surface area (Å²) in [5, 5.41) is 0.885. The molecule has 13 heavy (non-hydrogen) atoms. The van der Waals surface area contributed by atoms with Gasteiger partial charge in [-0.25, -0.2) is 8.42 Å². The molecule has 70 valence electrons. The molecule has 1 N–H and O–H groups in total. The van der Waals surface area contributed by atoms with Gasteiger partial charge in [-0.05, 0) is 34.7 Å². The molecule has 0 saturated heterocycles. The average Bonchev–Trinajstić information content (AvgIpc) is 2.09. The number of hydrogen-bond donors (Lipinski definition) is 1. The molecule has 0 spiro atoms. The molecule has 0 radical (unpaired) electrons. The van der Waals surface area contributed by atoms with Crippen molar-refractivity contribution >= 4 is 38.3 Å². The molecule has 0 bridgehead atoms. The van der Waals surface area contributed by atoms with Crippen LogP contribution in [-0.2, 0) is 10.0 Å². The number of hydrogen-bond acceptors (Lipinski definition) is 2. The predicted octanol–water partition coefficient (Wildman–Crippen LogP) is 2.18. The summed E-state index contributed by atoms with van der Waals surface area (Å²) in [6, 6.07) is 7.13. The fourth-order valence-corrected chi connectivity index (χ4v) is 2.01. The zero-order valence-electron chi connectivity index (χ0n) is 6.70. The fourth-order valence-electron chi connectivity index (χ4n) is 0.739. The average molecular weight is 309 g/mol. The van der Waals surface area contributed by atoms with Crippen LogP contribution in [-0.4, -0.2) is 8.42 Å². The van der Waals surface area contributed by atoms with Crippen LogP contribution in [0.4, 0.5) is 5.69 Å². The molecule has 1 aromatic rings. The Morgan fingerprint density at radius 2 is 2.00 bits per heavy atom. The first kappa shape index (κ1) is 10.5. The lowest BCUT2D eigenvalue weighted by Crippen LogP contribution is -2.09. The number of nitrogens with one attached hydrogen (secondary N) is 1. The molecule has 0 aliphatic rings. The van der Waals surface area contributed by atoms with Crippen LogP contribution in [0.3, 0.4) is 0 Å². The zero-order valence-corrected chi connectivity index (χ0v) is 9.67. The van der Waals surface area contributed by atoms with Gasteiger partial charge in [0.2, 0.25) is 0 Å². The van der Waals surface area contributed by atoms with Crippen LogP contribution in [0.15, 0.2) is 36.3 Å². The maximum Gasteiger partial charge on any atom is 0.254 e. The van der Waals surface area contributed by atoms with Crippen molar-refractivity contribution in [3.05, 3.63) is 39.8 Å². The zero-order chi connectivity index (χ0) is 9.90. The lowest BCUT2D eigenvalue weighted by atomic mass is 10.3. The fraction of sp³-hybridized carbons (Fsp3) is 0. The summed E-state index contributed by atoms with van der Waals surface area (Å²) >= 11 is 2.06. The minimum Gasteiger partial charge on any atom is -0.279 e. The Morgan fingerprint density at radius 1 is 1.38 bits per heavy atom. The largest absolute Gasteiger partial charge is 0.279 e. The number of halogens is 1. The van der Waals surface area contributed by atoms with Gasteiger partial charge in [-0.3, -0.25) is 4.72 Å². The summed E-state index contributed by atoms with van der Waals surface area (Å²) in [6.45, 7) is 3.21. The van der Waals surface area contributed by atoms with Crippen LogP contribution >= 0.6 is 22.6 Å². The quantitative estimate of drug-likeness (QED) is 0.870. The highest BCUT2D eigenvalue weighted by atomic mass is 127. The lowest BCUT2D eigenvalue weighted by Gasteiger charge is -2.05. The van der Waals surface area contributed by atoms with E-state index in [1.807, 2.05) is 12.1 Å². The second-order valence-electron chi connectivity index (χ2n) is 2.29. The van der Waals surface area contributed by atoms with E-state index in [1.165, 1.54) is 0 Å². The van der Waals surface area contributed by atoms with Crippen LogP contribution in [0, 0.1) is 3.57 Å². The maximum atomic E-state index is 11.1. The molecule has 0 heterocycles. The van der Waals surface area contributed by atoms with Crippen molar-refractivity contribution in [2.75, 3.05) is 4.72 Å². The summed E-state index contributed by atoms with van der Waals surface area (Å²) in [4.78, 5) is 0. The van der Waals surface area contributed by atoms with E-state index in [2.05, 4.69) is 33.9 Å². The monoisotopic (exact) mass is 309 g/mol. The highest BCUT2D eigenvalue weighted by Gasteiger charge is 2.05. The molecule has 5 heteroatoms. The van der Waals surface area contributed by atoms with E-state index in [-0.39, 0.29) is 0 Å². The van der Waals surface area contributed by atoms with Crippen LogP contribution in [0.25, 0.3) is 0 Å². The first-order valence-corrected chi connectivity index (χ1v) is 6.07. The molecular weight excluding hydrogens is 301 g/mol. The highest BCUT2D eigenvalue weighted by Crippen LogP contribution is 2.18. The molecule has 0 aliphatic heterocycles. The van der Waals surface area contributed by atoms with Gasteiger partial charge in [-0.1, -0.05) is 18.7 Å². The van der Waals surface area contributed by atoms with Crippen LogP contribution < -0.4 is 4.72 Å². The van der Waals surface area contributed by atoms with E-state index in [9.17, 15) is 8.42 Å². The molecule has 0 unspecified atom stereocenters. The van der Waals surface area contributed by atoms with Gasteiger partial charge in [0.1, 0.15) is 0 Å². The molecule has 0 amide bonds. The van der Waals surface area contributed by atoms with Crippen molar-refractivity contribution in [1.29, 1.82) is 0 Å². The molecule has 0 aromatic heterocycles. The van der Waals surface area contributed by atoms with Gasteiger partial charge < -0.3 is 0 Å². The smallest absolute Gasteiger partial charge is 0.254 e. The lowest BCUT2D eigenvalue weighted by molar-refractivity contribution is 0.609. The highest BCUT2D eigenvalue weighted by molar-refractivity contribution is 14.1. The van der Waals surface area contributed by atoms with Gasteiger partial charge in [0.15, 0.2) is 0 Å². The van der Waals surface area contributed by atoms with E-state index >= 15 is 0 Å². The van der Waals surface area contributed by atoms with E-state index in [0.717, 1.165) is 8.98 Å². The third kappa shape index (κ3) is 3.00. The summed E-state index contributed by atoms with van der Waals surface area (Å²) in [7, 11) is -3.39. The maximum absolute atomic E-state index is 11.1. The second kappa shape index (κ2) is 4.10. The van der Waals surface area contributed by atoms with Gasteiger partial charge in [-0.2, -0.15) is 0 Å². The molecule has 0 fully saturated rings. The third-order valence-electron chi connectivity index (χ3n) is 1.35. The third-order valence-corrected chi connectivity index (χ3v) is 3.23.